The molecule has 1 unspecified atom stereocenters. The second-order valence-corrected chi connectivity index (χ2v) is 7.78. The van der Waals surface area contributed by atoms with E-state index in [0.29, 0.717) is 18.5 Å². The number of hydrogen-bond acceptors (Lipinski definition) is 4. The molecule has 0 aliphatic rings. The van der Waals surface area contributed by atoms with Gasteiger partial charge in [-0.05, 0) is 38.1 Å². The van der Waals surface area contributed by atoms with Crippen LogP contribution in [-0.4, -0.2) is 73.5 Å². The third kappa shape index (κ3) is 9.17. The maximum atomic E-state index is 12.4. The van der Waals surface area contributed by atoms with Gasteiger partial charge < -0.3 is 15.5 Å². The zero-order chi connectivity index (χ0) is 22.5. The summed E-state index contributed by atoms with van der Waals surface area (Å²) in [6, 6.07) is 16.7. The summed E-state index contributed by atoms with van der Waals surface area (Å²) in [6.45, 7) is 4.77. The monoisotopic (exact) mass is 424 g/mol. The average Bonchev–Trinajstić information content (AvgIpc) is 2.80. The summed E-state index contributed by atoms with van der Waals surface area (Å²) in [6.07, 6.45) is 3.49. The molecular formula is C24H36N6O. The molecule has 0 aliphatic heterocycles. The SMILES string of the molecule is CN=C(NCCC(C)N(C)Cc1ccccc1)NCC(=O)N(C)CCc1ccccn1. The molecule has 0 fully saturated rings. The Morgan fingerprint density at radius 2 is 1.84 bits per heavy atom. The van der Waals surface area contributed by atoms with Crippen molar-refractivity contribution in [2.24, 2.45) is 4.99 Å². The van der Waals surface area contributed by atoms with Gasteiger partial charge in [0.2, 0.25) is 5.91 Å². The highest BCUT2D eigenvalue weighted by Crippen LogP contribution is 2.07. The van der Waals surface area contributed by atoms with Crippen LogP contribution >= 0.6 is 0 Å². The summed E-state index contributed by atoms with van der Waals surface area (Å²) in [5.41, 5.74) is 2.30. The predicted molar refractivity (Wildman–Crippen MR) is 127 cm³/mol. The van der Waals surface area contributed by atoms with E-state index >= 15 is 0 Å². The molecule has 0 aliphatic carbocycles. The molecule has 1 heterocycles. The lowest BCUT2D eigenvalue weighted by atomic mass is 10.1. The van der Waals surface area contributed by atoms with Gasteiger partial charge in [0.15, 0.2) is 5.96 Å². The van der Waals surface area contributed by atoms with Gasteiger partial charge in [-0.25, -0.2) is 0 Å². The second-order valence-electron chi connectivity index (χ2n) is 7.78. The first-order valence-corrected chi connectivity index (χ1v) is 10.8. The minimum Gasteiger partial charge on any atom is -0.356 e. The van der Waals surface area contributed by atoms with Crippen LogP contribution in [0.3, 0.4) is 0 Å². The highest BCUT2D eigenvalue weighted by molar-refractivity contribution is 5.86. The van der Waals surface area contributed by atoms with E-state index in [2.05, 4.69) is 63.7 Å². The molecule has 2 aromatic rings. The number of nitrogens with zero attached hydrogens (tertiary/aromatic N) is 4. The molecule has 2 N–H and O–H groups in total. The van der Waals surface area contributed by atoms with E-state index in [4.69, 9.17) is 0 Å². The van der Waals surface area contributed by atoms with Crippen LogP contribution in [0, 0.1) is 0 Å². The van der Waals surface area contributed by atoms with Crippen molar-refractivity contribution in [3.05, 3.63) is 66.0 Å². The second kappa shape index (κ2) is 13.4. The topological polar surface area (TPSA) is 72.9 Å². The van der Waals surface area contributed by atoms with Crippen molar-refractivity contribution < 1.29 is 4.79 Å². The van der Waals surface area contributed by atoms with E-state index in [0.717, 1.165) is 31.6 Å². The van der Waals surface area contributed by atoms with Crippen LogP contribution < -0.4 is 10.6 Å². The Morgan fingerprint density at radius 3 is 2.52 bits per heavy atom. The van der Waals surface area contributed by atoms with Crippen LogP contribution in [0.1, 0.15) is 24.6 Å². The van der Waals surface area contributed by atoms with Crippen LogP contribution in [0.15, 0.2) is 59.7 Å². The maximum absolute atomic E-state index is 12.4. The minimum absolute atomic E-state index is 0.0230. The van der Waals surface area contributed by atoms with Crippen molar-refractivity contribution in [3.8, 4) is 0 Å². The van der Waals surface area contributed by atoms with Crippen molar-refractivity contribution in [2.75, 3.05) is 40.8 Å². The Kier molecular flexibility index (Phi) is 10.5. The third-order valence-corrected chi connectivity index (χ3v) is 5.37. The molecule has 1 amide bonds. The van der Waals surface area contributed by atoms with Gasteiger partial charge in [-0.1, -0.05) is 36.4 Å². The van der Waals surface area contributed by atoms with E-state index in [1.165, 1.54) is 5.56 Å². The molecular weight excluding hydrogens is 388 g/mol. The molecule has 7 heteroatoms. The van der Waals surface area contributed by atoms with Crippen molar-refractivity contribution >= 4 is 11.9 Å². The fourth-order valence-corrected chi connectivity index (χ4v) is 3.11. The van der Waals surface area contributed by atoms with Gasteiger partial charge in [-0.15, -0.1) is 0 Å². The highest BCUT2D eigenvalue weighted by atomic mass is 16.2. The molecule has 0 spiro atoms. The van der Waals surface area contributed by atoms with Gasteiger partial charge in [0.25, 0.3) is 0 Å². The first kappa shape index (κ1) is 24.3. The van der Waals surface area contributed by atoms with E-state index < -0.39 is 0 Å². The lowest BCUT2D eigenvalue weighted by Gasteiger charge is -2.25. The summed E-state index contributed by atoms with van der Waals surface area (Å²) in [5.74, 6) is 0.666. The van der Waals surface area contributed by atoms with Crippen molar-refractivity contribution in [3.63, 3.8) is 0 Å². The summed E-state index contributed by atoms with van der Waals surface area (Å²) >= 11 is 0. The van der Waals surface area contributed by atoms with Gasteiger partial charge in [-0.2, -0.15) is 0 Å². The number of aromatic nitrogens is 1. The number of rotatable bonds is 11. The third-order valence-electron chi connectivity index (χ3n) is 5.37. The van der Waals surface area contributed by atoms with Crippen molar-refractivity contribution in [1.82, 2.24) is 25.4 Å². The summed E-state index contributed by atoms with van der Waals surface area (Å²) in [4.78, 5) is 25.0. The quantitative estimate of drug-likeness (QED) is 0.427. The van der Waals surface area contributed by atoms with E-state index in [-0.39, 0.29) is 12.5 Å². The number of benzene rings is 1. The molecule has 0 saturated heterocycles. The number of carbonyl (C=O) groups is 1. The van der Waals surface area contributed by atoms with Crippen LogP contribution in [0.4, 0.5) is 0 Å². The maximum Gasteiger partial charge on any atom is 0.241 e. The first-order chi connectivity index (χ1) is 15.0. The normalized spacial score (nSPS) is 12.5. The number of pyridine rings is 1. The molecule has 0 bridgehead atoms. The zero-order valence-electron chi connectivity index (χ0n) is 19.2. The van der Waals surface area contributed by atoms with Gasteiger partial charge in [0.05, 0.1) is 6.54 Å². The Hall–Kier alpha value is -2.93. The van der Waals surface area contributed by atoms with Gasteiger partial charge in [0.1, 0.15) is 0 Å². The Morgan fingerprint density at radius 1 is 1.10 bits per heavy atom. The summed E-state index contributed by atoms with van der Waals surface area (Å²) in [7, 11) is 5.67. The number of nitrogens with one attached hydrogen (secondary N) is 2. The Labute approximate surface area is 186 Å². The standard InChI is InChI=1S/C24H36N6O/c1-20(30(4)19-21-10-6-5-7-11-21)13-16-27-24(25-2)28-18-23(31)29(3)17-14-22-12-8-9-15-26-22/h5-12,15,20H,13-14,16-19H2,1-4H3,(H2,25,27,28). The Balaban J connectivity index is 1.65. The van der Waals surface area contributed by atoms with Crippen LogP contribution in [0.25, 0.3) is 0 Å². The lowest BCUT2D eigenvalue weighted by Crippen LogP contribution is -2.45. The van der Waals surface area contributed by atoms with Gasteiger partial charge >= 0.3 is 0 Å². The largest absolute Gasteiger partial charge is 0.356 e. The van der Waals surface area contributed by atoms with E-state index in [9.17, 15) is 4.79 Å². The van der Waals surface area contributed by atoms with E-state index in [1.54, 1.807) is 18.1 Å². The summed E-state index contributed by atoms with van der Waals surface area (Å²) in [5, 5.41) is 6.41. The molecule has 2 rings (SSSR count). The number of likely N-dealkylation sites (N-methyl/N-ethyl adjacent to an activating group) is 1. The number of carbonyl (C=O) groups excluding carboxylic acids is 1. The van der Waals surface area contributed by atoms with Crippen LogP contribution in [0.2, 0.25) is 0 Å². The predicted octanol–water partition coefficient (Wildman–Crippen LogP) is 2.16. The fourth-order valence-electron chi connectivity index (χ4n) is 3.11. The average molecular weight is 425 g/mol. The number of amides is 1. The molecule has 0 saturated carbocycles. The molecule has 0 radical (unpaired) electrons. The van der Waals surface area contributed by atoms with Crippen LogP contribution in [0.5, 0.6) is 0 Å². The molecule has 1 aromatic carbocycles. The summed E-state index contributed by atoms with van der Waals surface area (Å²) < 4.78 is 0. The lowest BCUT2D eigenvalue weighted by molar-refractivity contribution is -0.128. The smallest absolute Gasteiger partial charge is 0.241 e. The number of aliphatic imine (C=N–C) groups is 1. The van der Waals surface area contributed by atoms with Crippen molar-refractivity contribution in [2.45, 2.75) is 32.4 Å². The van der Waals surface area contributed by atoms with E-state index in [1.807, 2.05) is 31.3 Å². The fraction of sp³-hybridized carbons (Fsp3) is 0.458. The molecule has 168 valence electrons. The van der Waals surface area contributed by atoms with Gasteiger partial charge in [0, 0.05) is 58.1 Å². The molecule has 31 heavy (non-hydrogen) atoms. The minimum atomic E-state index is 0.0230. The first-order valence-electron chi connectivity index (χ1n) is 10.8. The van der Waals surface area contributed by atoms with Crippen LogP contribution in [-0.2, 0) is 17.8 Å². The zero-order valence-corrected chi connectivity index (χ0v) is 19.2. The molecule has 1 atom stereocenters. The van der Waals surface area contributed by atoms with Gasteiger partial charge in [-0.3, -0.25) is 19.7 Å². The highest BCUT2D eigenvalue weighted by Gasteiger charge is 2.12. The number of guanidine groups is 1. The molecule has 7 nitrogen and oxygen atoms in total. The number of hydrogen-bond donors (Lipinski definition) is 2. The van der Waals surface area contributed by atoms with Crippen molar-refractivity contribution in [1.29, 1.82) is 0 Å². The molecule has 1 aromatic heterocycles. The Bertz CT molecular complexity index is 796.